The van der Waals surface area contributed by atoms with Crippen LogP contribution in [0.25, 0.3) is 0 Å². The fraction of sp³-hybridized carbons (Fsp3) is 0.562. The van der Waals surface area contributed by atoms with Crippen LogP contribution >= 0.6 is 15.9 Å². The molecule has 0 spiro atoms. The molecule has 0 heterocycles. The van der Waals surface area contributed by atoms with Gasteiger partial charge in [-0.2, -0.15) is 0 Å². The third kappa shape index (κ3) is 5.40. The van der Waals surface area contributed by atoms with Crippen LogP contribution in [0.4, 0.5) is 4.39 Å². The molecule has 2 N–H and O–H groups in total. The lowest BCUT2D eigenvalue weighted by atomic mass is 10.1. The number of carbonyl (C=O) groups is 1. The number of hydrogen-bond donors (Lipinski definition) is 2. The van der Waals surface area contributed by atoms with Gasteiger partial charge in [0.2, 0.25) is 0 Å². The normalized spacial score (nSPS) is 16.5. The number of amides is 1. The first-order valence-corrected chi connectivity index (χ1v) is 8.43. The standard InChI is InChI=1S/C16H22BrFN2O/c17-15-8-7-12(18)11-14(15)16(21)20-10-9-19-13-5-3-1-2-4-6-13/h7-8,11,13,19H,1-6,9-10H2,(H,20,21). The Morgan fingerprint density at radius 3 is 2.62 bits per heavy atom. The third-order valence-electron chi connectivity index (χ3n) is 3.87. The zero-order valence-corrected chi connectivity index (χ0v) is 13.7. The van der Waals surface area contributed by atoms with E-state index < -0.39 is 5.82 Å². The van der Waals surface area contributed by atoms with Gasteiger partial charge in [-0.3, -0.25) is 4.79 Å². The van der Waals surface area contributed by atoms with Gasteiger partial charge in [0.25, 0.3) is 5.91 Å². The lowest BCUT2D eigenvalue weighted by molar-refractivity contribution is 0.0952. The molecule has 0 aromatic heterocycles. The molecule has 0 unspecified atom stereocenters. The maximum atomic E-state index is 13.2. The van der Waals surface area contributed by atoms with E-state index in [0.29, 0.717) is 22.6 Å². The van der Waals surface area contributed by atoms with Crippen LogP contribution in [-0.4, -0.2) is 25.0 Å². The minimum atomic E-state index is -0.403. The van der Waals surface area contributed by atoms with E-state index in [-0.39, 0.29) is 5.91 Å². The Bertz CT molecular complexity index is 473. The SMILES string of the molecule is O=C(NCCNC1CCCCCC1)c1cc(F)ccc1Br. The molecule has 1 aliphatic rings. The van der Waals surface area contributed by atoms with Crippen LogP contribution in [0.5, 0.6) is 0 Å². The molecule has 1 aromatic rings. The quantitative estimate of drug-likeness (QED) is 0.624. The van der Waals surface area contributed by atoms with E-state index >= 15 is 0 Å². The van der Waals surface area contributed by atoms with Gasteiger partial charge >= 0.3 is 0 Å². The number of nitrogens with one attached hydrogen (secondary N) is 2. The Morgan fingerprint density at radius 1 is 1.19 bits per heavy atom. The molecule has 1 saturated carbocycles. The zero-order valence-electron chi connectivity index (χ0n) is 12.1. The minimum Gasteiger partial charge on any atom is -0.351 e. The van der Waals surface area contributed by atoms with Gasteiger partial charge in [-0.25, -0.2) is 4.39 Å². The molecule has 2 rings (SSSR count). The van der Waals surface area contributed by atoms with Crippen molar-refractivity contribution in [2.75, 3.05) is 13.1 Å². The Balaban J connectivity index is 1.72. The van der Waals surface area contributed by atoms with Gasteiger partial charge in [0.15, 0.2) is 0 Å². The smallest absolute Gasteiger partial charge is 0.252 e. The molecule has 0 atom stereocenters. The van der Waals surface area contributed by atoms with Crippen LogP contribution in [-0.2, 0) is 0 Å². The second-order valence-corrected chi connectivity index (χ2v) is 6.38. The van der Waals surface area contributed by atoms with Crippen LogP contribution in [0.15, 0.2) is 22.7 Å². The lowest BCUT2D eigenvalue weighted by Crippen LogP contribution is -2.37. The summed E-state index contributed by atoms with van der Waals surface area (Å²) in [6.45, 7) is 1.31. The number of benzene rings is 1. The summed E-state index contributed by atoms with van der Waals surface area (Å²) >= 11 is 3.27. The molecule has 1 amide bonds. The van der Waals surface area contributed by atoms with Gasteiger partial charge in [-0.15, -0.1) is 0 Å². The first kappa shape index (κ1) is 16.4. The van der Waals surface area contributed by atoms with Crippen molar-refractivity contribution in [2.45, 2.75) is 44.6 Å². The van der Waals surface area contributed by atoms with Crippen molar-refractivity contribution in [1.82, 2.24) is 10.6 Å². The largest absolute Gasteiger partial charge is 0.351 e. The Morgan fingerprint density at radius 2 is 1.90 bits per heavy atom. The van der Waals surface area contributed by atoms with Crippen molar-refractivity contribution >= 4 is 21.8 Å². The number of hydrogen-bond acceptors (Lipinski definition) is 2. The highest BCUT2D eigenvalue weighted by molar-refractivity contribution is 9.10. The topological polar surface area (TPSA) is 41.1 Å². The van der Waals surface area contributed by atoms with Crippen molar-refractivity contribution in [3.8, 4) is 0 Å². The van der Waals surface area contributed by atoms with Gasteiger partial charge in [0.1, 0.15) is 5.82 Å². The average molecular weight is 357 g/mol. The van der Waals surface area contributed by atoms with Gasteiger partial charge in [0.05, 0.1) is 5.56 Å². The van der Waals surface area contributed by atoms with Crippen molar-refractivity contribution in [3.05, 3.63) is 34.1 Å². The number of halogens is 2. The highest BCUT2D eigenvalue weighted by Crippen LogP contribution is 2.18. The summed E-state index contributed by atoms with van der Waals surface area (Å²) < 4.78 is 13.8. The fourth-order valence-corrected chi connectivity index (χ4v) is 3.13. The molecule has 1 aromatic carbocycles. The molecular weight excluding hydrogens is 335 g/mol. The monoisotopic (exact) mass is 356 g/mol. The van der Waals surface area contributed by atoms with E-state index in [1.165, 1.54) is 50.7 Å². The molecule has 116 valence electrons. The lowest BCUT2D eigenvalue weighted by Gasteiger charge is -2.16. The Kier molecular flexibility index (Phi) is 6.64. The summed E-state index contributed by atoms with van der Waals surface area (Å²) in [5.74, 6) is -0.649. The molecule has 0 aliphatic heterocycles. The molecule has 0 radical (unpaired) electrons. The van der Waals surface area contributed by atoms with Gasteiger partial charge in [0, 0.05) is 23.6 Å². The average Bonchev–Trinajstić information content (AvgIpc) is 2.74. The summed E-state index contributed by atoms with van der Waals surface area (Å²) in [6, 6.07) is 4.70. The minimum absolute atomic E-state index is 0.246. The molecule has 21 heavy (non-hydrogen) atoms. The molecule has 5 heteroatoms. The van der Waals surface area contributed by atoms with E-state index in [9.17, 15) is 9.18 Å². The molecule has 0 bridgehead atoms. The summed E-state index contributed by atoms with van der Waals surface area (Å²) in [6.07, 6.45) is 7.71. The zero-order chi connectivity index (χ0) is 15.1. The first-order valence-electron chi connectivity index (χ1n) is 7.63. The van der Waals surface area contributed by atoms with Gasteiger partial charge in [-0.1, -0.05) is 25.7 Å². The fourth-order valence-electron chi connectivity index (χ4n) is 2.70. The Labute approximate surface area is 133 Å². The van der Waals surface area contributed by atoms with Crippen LogP contribution in [0, 0.1) is 5.82 Å². The van der Waals surface area contributed by atoms with Gasteiger partial charge < -0.3 is 10.6 Å². The number of rotatable bonds is 5. The molecule has 1 fully saturated rings. The summed E-state index contributed by atoms with van der Waals surface area (Å²) in [4.78, 5) is 12.0. The van der Waals surface area contributed by atoms with E-state index in [0.717, 1.165) is 6.54 Å². The highest BCUT2D eigenvalue weighted by atomic mass is 79.9. The van der Waals surface area contributed by atoms with Crippen molar-refractivity contribution < 1.29 is 9.18 Å². The van der Waals surface area contributed by atoms with E-state index in [1.807, 2.05) is 0 Å². The highest BCUT2D eigenvalue weighted by Gasteiger charge is 2.12. The van der Waals surface area contributed by atoms with E-state index in [1.54, 1.807) is 6.07 Å². The third-order valence-corrected chi connectivity index (χ3v) is 4.56. The maximum absolute atomic E-state index is 13.2. The second kappa shape index (κ2) is 8.49. The van der Waals surface area contributed by atoms with E-state index in [4.69, 9.17) is 0 Å². The predicted molar refractivity (Wildman–Crippen MR) is 85.9 cm³/mol. The van der Waals surface area contributed by atoms with Crippen molar-refractivity contribution in [3.63, 3.8) is 0 Å². The van der Waals surface area contributed by atoms with Crippen LogP contribution < -0.4 is 10.6 Å². The van der Waals surface area contributed by atoms with Gasteiger partial charge in [-0.05, 0) is 47.0 Å². The number of carbonyl (C=O) groups excluding carboxylic acids is 1. The molecule has 3 nitrogen and oxygen atoms in total. The summed E-state index contributed by atoms with van der Waals surface area (Å²) in [7, 11) is 0. The first-order chi connectivity index (χ1) is 10.2. The molecular formula is C16H22BrFN2O. The molecule has 0 saturated heterocycles. The van der Waals surface area contributed by atoms with Crippen LogP contribution in [0.3, 0.4) is 0 Å². The van der Waals surface area contributed by atoms with Crippen LogP contribution in [0.1, 0.15) is 48.9 Å². The second-order valence-electron chi connectivity index (χ2n) is 5.52. The van der Waals surface area contributed by atoms with E-state index in [2.05, 4.69) is 26.6 Å². The van der Waals surface area contributed by atoms with Crippen molar-refractivity contribution in [1.29, 1.82) is 0 Å². The summed E-state index contributed by atoms with van der Waals surface area (Å²) in [5, 5.41) is 6.32. The van der Waals surface area contributed by atoms with Crippen molar-refractivity contribution in [2.24, 2.45) is 0 Å². The predicted octanol–water partition coefficient (Wildman–Crippen LogP) is 3.63. The van der Waals surface area contributed by atoms with Crippen LogP contribution in [0.2, 0.25) is 0 Å². The molecule has 1 aliphatic carbocycles. The summed E-state index contributed by atoms with van der Waals surface area (Å²) in [5.41, 5.74) is 0.337. The Hall–Kier alpha value is -0.940. The maximum Gasteiger partial charge on any atom is 0.252 e.